The summed E-state index contributed by atoms with van der Waals surface area (Å²) in [6.45, 7) is 2.64. The highest BCUT2D eigenvalue weighted by Gasteiger charge is 2.10. The van der Waals surface area contributed by atoms with Crippen LogP contribution in [0, 0.1) is 0 Å². The number of nitrogens with one attached hydrogen (secondary N) is 1. The zero-order valence-corrected chi connectivity index (χ0v) is 11.6. The van der Waals surface area contributed by atoms with E-state index in [9.17, 15) is 4.79 Å². The van der Waals surface area contributed by atoms with Gasteiger partial charge in [-0.2, -0.15) is 0 Å². The van der Waals surface area contributed by atoms with Crippen molar-refractivity contribution in [3.05, 3.63) is 24.5 Å². The molecule has 1 aromatic rings. The van der Waals surface area contributed by atoms with Crippen LogP contribution >= 0.6 is 11.8 Å². The number of hydrogen-bond acceptors (Lipinski definition) is 4. The first-order chi connectivity index (χ1) is 8.76. The third-order valence-corrected chi connectivity index (χ3v) is 3.59. The van der Waals surface area contributed by atoms with E-state index in [2.05, 4.69) is 17.2 Å². The van der Waals surface area contributed by atoms with Gasteiger partial charge in [0, 0.05) is 29.9 Å². The summed E-state index contributed by atoms with van der Waals surface area (Å²) in [5.74, 6) is 0.468. The Balaban J connectivity index is 2.28. The van der Waals surface area contributed by atoms with Crippen LogP contribution in [0.4, 0.5) is 0 Å². The van der Waals surface area contributed by atoms with Crippen LogP contribution in [-0.2, 0) is 4.79 Å². The second kappa shape index (κ2) is 8.94. The Morgan fingerprint density at radius 3 is 2.83 bits per heavy atom. The van der Waals surface area contributed by atoms with Crippen molar-refractivity contribution < 1.29 is 4.79 Å². The third-order valence-electron chi connectivity index (χ3n) is 2.58. The minimum atomic E-state index is 0.0448. The van der Waals surface area contributed by atoms with E-state index in [1.807, 2.05) is 12.1 Å². The number of unbranched alkanes of at least 4 members (excludes halogenated alkanes) is 1. The van der Waals surface area contributed by atoms with Crippen LogP contribution in [0.2, 0.25) is 0 Å². The van der Waals surface area contributed by atoms with Crippen molar-refractivity contribution in [1.29, 1.82) is 0 Å². The molecule has 100 valence electrons. The summed E-state index contributed by atoms with van der Waals surface area (Å²) < 4.78 is 0. The lowest BCUT2D eigenvalue weighted by atomic mass is 10.1. The Morgan fingerprint density at radius 1 is 1.50 bits per heavy atom. The molecule has 1 rings (SSSR count). The van der Waals surface area contributed by atoms with Gasteiger partial charge in [-0.3, -0.25) is 9.78 Å². The lowest BCUT2D eigenvalue weighted by Crippen LogP contribution is -2.41. The molecule has 0 aromatic carbocycles. The first-order valence-electron chi connectivity index (χ1n) is 6.28. The van der Waals surface area contributed by atoms with Gasteiger partial charge in [-0.05, 0) is 18.6 Å². The minimum Gasteiger partial charge on any atom is -0.351 e. The van der Waals surface area contributed by atoms with E-state index in [0.717, 1.165) is 24.2 Å². The highest BCUT2D eigenvalue weighted by Crippen LogP contribution is 2.15. The fourth-order valence-electron chi connectivity index (χ4n) is 1.55. The maximum atomic E-state index is 11.7. The molecule has 0 spiro atoms. The van der Waals surface area contributed by atoms with Gasteiger partial charge in [-0.15, -0.1) is 11.8 Å². The second-order valence-corrected chi connectivity index (χ2v) is 5.16. The smallest absolute Gasteiger partial charge is 0.230 e. The standard InChI is InChI=1S/C13H21N3OS/c1-2-3-4-11(9-14)16-13(17)10-18-12-5-7-15-8-6-12/h5-8,11H,2-4,9-10,14H2,1H3,(H,16,17). The lowest BCUT2D eigenvalue weighted by molar-refractivity contribution is -0.119. The number of rotatable bonds is 8. The Morgan fingerprint density at radius 2 is 2.22 bits per heavy atom. The van der Waals surface area contributed by atoms with E-state index in [-0.39, 0.29) is 11.9 Å². The first kappa shape index (κ1) is 15.0. The minimum absolute atomic E-state index is 0.0448. The molecule has 5 heteroatoms. The van der Waals surface area contributed by atoms with Crippen LogP contribution in [0.1, 0.15) is 26.2 Å². The normalized spacial score (nSPS) is 12.1. The van der Waals surface area contributed by atoms with Crippen LogP contribution in [0.5, 0.6) is 0 Å². The van der Waals surface area contributed by atoms with Crippen LogP contribution in [-0.4, -0.2) is 29.2 Å². The summed E-state index contributed by atoms with van der Waals surface area (Å²) >= 11 is 1.51. The van der Waals surface area contributed by atoms with Crippen molar-refractivity contribution in [2.24, 2.45) is 5.73 Å². The van der Waals surface area contributed by atoms with Crippen molar-refractivity contribution in [2.45, 2.75) is 37.1 Å². The molecule has 0 aliphatic heterocycles. The summed E-state index contributed by atoms with van der Waals surface area (Å²) in [5, 5.41) is 2.97. The summed E-state index contributed by atoms with van der Waals surface area (Å²) in [7, 11) is 0. The van der Waals surface area contributed by atoms with E-state index in [1.54, 1.807) is 12.4 Å². The molecule has 1 heterocycles. The number of nitrogens with two attached hydrogens (primary N) is 1. The van der Waals surface area contributed by atoms with E-state index < -0.39 is 0 Å². The van der Waals surface area contributed by atoms with Gasteiger partial charge in [0.05, 0.1) is 5.75 Å². The van der Waals surface area contributed by atoms with Gasteiger partial charge in [0.1, 0.15) is 0 Å². The largest absolute Gasteiger partial charge is 0.351 e. The van der Waals surface area contributed by atoms with Gasteiger partial charge in [0.2, 0.25) is 5.91 Å². The van der Waals surface area contributed by atoms with Gasteiger partial charge >= 0.3 is 0 Å². The van der Waals surface area contributed by atoms with Crippen LogP contribution in [0.15, 0.2) is 29.4 Å². The molecule has 1 aromatic heterocycles. The predicted octanol–water partition coefficient (Wildman–Crippen LogP) is 1.81. The van der Waals surface area contributed by atoms with Gasteiger partial charge in [0.15, 0.2) is 0 Å². The predicted molar refractivity (Wildman–Crippen MR) is 75.5 cm³/mol. The van der Waals surface area contributed by atoms with Crippen molar-refractivity contribution in [1.82, 2.24) is 10.3 Å². The summed E-state index contributed by atoms with van der Waals surface area (Å²) in [5.41, 5.74) is 5.64. The second-order valence-electron chi connectivity index (χ2n) is 4.11. The summed E-state index contributed by atoms with van der Waals surface area (Å²) in [6.07, 6.45) is 6.63. The third kappa shape index (κ3) is 6.02. The van der Waals surface area contributed by atoms with Gasteiger partial charge in [-0.1, -0.05) is 19.8 Å². The number of carbonyl (C=O) groups is 1. The molecule has 18 heavy (non-hydrogen) atoms. The number of nitrogens with zero attached hydrogens (tertiary/aromatic N) is 1. The van der Waals surface area contributed by atoms with Gasteiger partial charge in [-0.25, -0.2) is 0 Å². The fraction of sp³-hybridized carbons (Fsp3) is 0.538. The van der Waals surface area contributed by atoms with E-state index in [0.29, 0.717) is 12.3 Å². The molecule has 0 bridgehead atoms. The maximum absolute atomic E-state index is 11.7. The lowest BCUT2D eigenvalue weighted by Gasteiger charge is -2.16. The molecular formula is C13H21N3OS. The van der Waals surface area contributed by atoms with E-state index in [1.165, 1.54) is 11.8 Å². The van der Waals surface area contributed by atoms with E-state index >= 15 is 0 Å². The molecule has 4 nitrogen and oxygen atoms in total. The highest BCUT2D eigenvalue weighted by atomic mass is 32.2. The number of thioether (sulfide) groups is 1. The molecule has 0 aliphatic rings. The summed E-state index contributed by atoms with van der Waals surface area (Å²) in [6, 6.07) is 3.90. The number of amides is 1. The number of aromatic nitrogens is 1. The van der Waals surface area contributed by atoms with Crippen molar-refractivity contribution >= 4 is 17.7 Å². The SMILES string of the molecule is CCCCC(CN)NC(=O)CSc1ccncc1. The Bertz CT molecular complexity index is 345. The highest BCUT2D eigenvalue weighted by molar-refractivity contribution is 8.00. The number of carbonyl (C=O) groups excluding carboxylic acids is 1. The Labute approximate surface area is 113 Å². The molecular weight excluding hydrogens is 246 g/mol. The molecule has 0 saturated heterocycles. The molecule has 0 radical (unpaired) electrons. The topological polar surface area (TPSA) is 68.0 Å². The maximum Gasteiger partial charge on any atom is 0.230 e. The number of pyridine rings is 1. The first-order valence-corrected chi connectivity index (χ1v) is 7.27. The number of hydrogen-bond donors (Lipinski definition) is 2. The monoisotopic (exact) mass is 267 g/mol. The van der Waals surface area contributed by atoms with Gasteiger partial charge < -0.3 is 11.1 Å². The molecule has 1 unspecified atom stereocenters. The Hall–Kier alpha value is -1.07. The van der Waals surface area contributed by atoms with Crippen molar-refractivity contribution in [3.63, 3.8) is 0 Å². The molecule has 0 fully saturated rings. The summed E-state index contributed by atoms with van der Waals surface area (Å²) in [4.78, 5) is 16.7. The van der Waals surface area contributed by atoms with E-state index in [4.69, 9.17) is 5.73 Å². The molecule has 0 aliphatic carbocycles. The van der Waals surface area contributed by atoms with Crippen LogP contribution < -0.4 is 11.1 Å². The Kier molecular flexibility index (Phi) is 7.44. The zero-order chi connectivity index (χ0) is 13.2. The van der Waals surface area contributed by atoms with Crippen LogP contribution in [0.3, 0.4) is 0 Å². The molecule has 1 amide bonds. The van der Waals surface area contributed by atoms with Crippen LogP contribution in [0.25, 0.3) is 0 Å². The quantitative estimate of drug-likeness (QED) is 0.705. The van der Waals surface area contributed by atoms with Gasteiger partial charge in [0.25, 0.3) is 0 Å². The zero-order valence-electron chi connectivity index (χ0n) is 10.8. The van der Waals surface area contributed by atoms with Crippen molar-refractivity contribution in [2.75, 3.05) is 12.3 Å². The average molecular weight is 267 g/mol. The van der Waals surface area contributed by atoms with Crippen molar-refractivity contribution in [3.8, 4) is 0 Å². The molecule has 0 saturated carbocycles. The molecule has 3 N–H and O–H groups in total. The molecule has 1 atom stereocenters. The average Bonchev–Trinajstić information content (AvgIpc) is 2.42. The fourth-order valence-corrected chi connectivity index (χ4v) is 2.25.